The Morgan fingerprint density at radius 2 is 1.89 bits per heavy atom. The average Bonchev–Trinajstić information content (AvgIpc) is 2.34. The van der Waals surface area contributed by atoms with E-state index in [9.17, 15) is 4.79 Å². The van der Waals surface area contributed by atoms with Crippen LogP contribution in [0.4, 0.5) is 0 Å². The van der Waals surface area contributed by atoms with E-state index in [0.29, 0.717) is 6.42 Å². The summed E-state index contributed by atoms with van der Waals surface area (Å²) in [5, 5.41) is 3.30. The summed E-state index contributed by atoms with van der Waals surface area (Å²) >= 11 is 0. The van der Waals surface area contributed by atoms with E-state index in [2.05, 4.69) is 32.2 Å². The topological polar surface area (TPSA) is 38.3 Å². The number of carbonyl (C=O) groups excluding carboxylic acids is 1. The van der Waals surface area contributed by atoms with Gasteiger partial charge >= 0.3 is 0 Å². The summed E-state index contributed by atoms with van der Waals surface area (Å²) in [5.74, 6) is 1.23. The fourth-order valence-electron chi connectivity index (χ4n) is 2.29. The van der Waals surface area contributed by atoms with Crippen molar-refractivity contribution >= 4 is 5.78 Å². The summed E-state index contributed by atoms with van der Waals surface area (Å²) in [7, 11) is 1.73. The molecule has 0 aliphatic carbocycles. The number of rotatable bonds is 7. The predicted octanol–water partition coefficient (Wildman–Crippen LogP) is 2.73. The number of ether oxygens (including phenoxy) is 1. The Morgan fingerprint density at radius 3 is 2.47 bits per heavy atom. The molecule has 0 bridgehead atoms. The molecule has 0 saturated heterocycles. The third-order valence-corrected chi connectivity index (χ3v) is 3.52. The molecule has 0 aliphatic rings. The van der Waals surface area contributed by atoms with Crippen LogP contribution in [0.25, 0.3) is 0 Å². The van der Waals surface area contributed by atoms with Crippen molar-refractivity contribution in [3.8, 4) is 5.75 Å². The largest absolute Gasteiger partial charge is 0.496 e. The minimum Gasteiger partial charge on any atom is -0.496 e. The van der Waals surface area contributed by atoms with Crippen LogP contribution in [0.1, 0.15) is 35.6 Å². The van der Waals surface area contributed by atoms with Crippen molar-refractivity contribution < 1.29 is 9.53 Å². The predicted molar refractivity (Wildman–Crippen MR) is 79.1 cm³/mol. The zero-order valence-corrected chi connectivity index (χ0v) is 12.7. The lowest BCUT2D eigenvalue weighted by Gasteiger charge is -2.16. The van der Waals surface area contributed by atoms with Crippen molar-refractivity contribution in [2.24, 2.45) is 0 Å². The van der Waals surface area contributed by atoms with Crippen molar-refractivity contribution in [3.05, 3.63) is 28.3 Å². The summed E-state index contributed by atoms with van der Waals surface area (Å²) in [6.07, 6.45) is 1.52. The van der Waals surface area contributed by atoms with Gasteiger partial charge in [-0.3, -0.25) is 4.79 Å². The molecule has 0 fully saturated rings. The molecule has 0 unspecified atom stereocenters. The molecule has 0 heterocycles. The molecule has 3 nitrogen and oxygen atoms in total. The highest BCUT2D eigenvalue weighted by atomic mass is 16.5. The summed E-state index contributed by atoms with van der Waals surface area (Å²) in [6.45, 7) is 9.58. The molecule has 1 aromatic rings. The molecular formula is C16H25NO2. The van der Waals surface area contributed by atoms with Gasteiger partial charge in [-0.25, -0.2) is 0 Å². The Balaban J connectivity index is 2.67. The van der Waals surface area contributed by atoms with Gasteiger partial charge in [0.2, 0.25) is 0 Å². The van der Waals surface area contributed by atoms with Crippen molar-refractivity contribution in [2.45, 2.75) is 40.5 Å². The number of nitrogens with one attached hydrogen (secondary N) is 1. The number of aryl methyl sites for hydroxylation is 2. The van der Waals surface area contributed by atoms with Crippen LogP contribution in [0.5, 0.6) is 5.75 Å². The molecule has 19 heavy (non-hydrogen) atoms. The molecule has 1 rings (SSSR count). The molecule has 106 valence electrons. The average molecular weight is 263 g/mol. The first kappa shape index (κ1) is 15.7. The van der Waals surface area contributed by atoms with Gasteiger partial charge in [0.25, 0.3) is 0 Å². The number of carbonyl (C=O) groups is 1. The minimum atomic E-state index is 0.229. The number of benzene rings is 1. The third kappa shape index (κ3) is 4.35. The highest BCUT2D eigenvalue weighted by Gasteiger charge is 2.11. The third-order valence-electron chi connectivity index (χ3n) is 3.52. The van der Waals surface area contributed by atoms with Crippen molar-refractivity contribution in [1.29, 1.82) is 0 Å². The number of ketones is 1. The second-order valence-corrected chi connectivity index (χ2v) is 5.10. The van der Waals surface area contributed by atoms with Crippen LogP contribution in [0, 0.1) is 20.8 Å². The summed E-state index contributed by atoms with van der Waals surface area (Å²) in [4.78, 5) is 10.9. The van der Waals surface area contributed by atoms with E-state index in [-0.39, 0.29) is 5.78 Å². The maximum Gasteiger partial charge on any atom is 0.131 e. The lowest BCUT2D eigenvalue weighted by Crippen LogP contribution is -2.20. The van der Waals surface area contributed by atoms with Crippen molar-refractivity contribution in [2.75, 3.05) is 20.2 Å². The number of hydrogen-bond donors (Lipinski definition) is 1. The summed E-state index contributed by atoms with van der Waals surface area (Å²) in [6, 6.07) is 2.21. The Kier molecular flexibility index (Phi) is 6.03. The Bertz CT molecular complexity index is 453. The van der Waals surface area contributed by atoms with Crippen LogP contribution in [-0.2, 0) is 11.2 Å². The van der Waals surface area contributed by atoms with Crippen LogP contribution in [0.3, 0.4) is 0 Å². The van der Waals surface area contributed by atoms with Gasteiger partial charge in [-0.15, -0.1) is 0 Å². The van der Waals surface area contributed by atoms with E-state index in [1.54, 1.807) is 14.0 Å². The molecule has 0 aromatic heterocycles. The minimum absolute atomic E-state index is 0.229. The molecule has 0 spiro atoms. The molecule has 0 aliphatic heterocycles. The molecule has 0 atom stereocenters. The Morgan fingerprint density at radius 1 is 1.21 bits per heavy atom. The van der Waals surface area contributed by atoms with Gasteiger partial charge in [0, 0.05) is 13.0 Å². The van der Waals surface area contributed by atoms with E-state index in [4.69, 9.17) is 4.74 Å². The SMILES string of the molecule is COc1c(C)c(C)cc(C)c1CCNCCC(C)=O. The fraction of sp³-hybridized carbons (Fsp3) is 0.562. The zero-order chi connectivity index (χ0) is 14.4. The van der Waals surface area contributed by atoms with Gasteiger partial charge in [0.05, 0.1) is 7.11 Å². The maximum atomic E-state index is 10.9. The van der Waals surface area contributed by atoms with Crippen LogP contribution < -0.4 is 10.1 Å². The molecule has 1 N–H and O–H groups in total. The van der Waals surface area contributed by atoms with Gasteiger partial charge in [-0.2, -0.15) is 0 Å². The number of methoxy groups -OCH3 is 1. The van der Waals surface area contributed by atoms with Crippen LogP contribution >= 0.6 is 0 Å². The first-order chi connectivity index (χ1) is 8.97. The molecular weight excluding hydrogens is 238 g/mol. The smallest absolute Gasteiger partial charge is 0.131 e. The Labute approximate surface area is 116 Å². The molecule has 0 amide bonds. The van der Waals surface area contributed by atoms with E-state index in [1.807, 2.05) is 0 Å². The standard InChI is InChI=1S/C16H25NO2/c1-11-10-12(2)15(16(19-5)14(11)4)7-9-17-8-6-13(3)18/h10,17H,6-9H2,1-5H3. The first-order valence-corrected chi connectivity index (χ1v) is 6.81. The number of hydrogen-bond acceptors (Lipinski definition) is 3. The Hall–Kier alpha value is -1.35. The van der Waals surface area contributed by atoms with Gasteiger partial charge in [0.1, 0.15) is 11.5 Å². The van der Waals surface area contributed by atoms with Gasteiger partial charge in [-0.1, -0.05) is 6.07 Å². The zero-order valence-electron chi connectivity index (χ0n) is 12.7. The molecule has 1 aromatic carbocycles. The lowest BCUT2D eigenvalue weighted by molar-refractivity contribution is -0.116. The monoisotopic (exact) mass is 263 g/mol. The molecule has 0 radical (unpaired) electrons. The summed E-state index contributed by atoms with van der Waals surface area (Å²) in [5.41, 5.74) is 5.02. The van der Waals surface area contributed by atoms with Crippen LogP contribution in [0.2, 0.25) is 0 Å². The van der Waals surface area contributed by atoms with Crippen molar-refractivity contribution in [1.82, 2.24) is 5.32 Å². The second-order valence-electron chi connectivity index (χ2n) is 5.10. The molecule has 0 saturated carbocycles. The van der Waals surface area contributed by atoms with Crippen molar-refractivity contribution in [3.63, 3.8) is 0 Å². The highest BCUT2D eigenvalue weighted by molar-refractivity contribution is 5.75. The van der Waals surface area contributed by atoms with Crippen LogP contribution in [-0.4, -0.2) is 26.0 Å². The van der Waals surface area contributed by atoms with E-state index in [1.165, 1.54) is 22.3 Å². The van der Waals surface area contributed by atoms with E-state index >= 15 is 0 Å². The normalized spacial score (nSPS) is 10.6. The van der Waals surface area contributed by atoms with Gasteiger partial charge < -0.3 is 10.1 Å². The van der Waals surface area contributed by atoms with E-state index in [0.717, 1.165) is 25.3 Å². The lowest BCUT2D eigenvalue weighted by atomic mass is 9.97. The molecule has 3 heteroatoms. The fourth-order valence-corrected chi connectivity index (χ4v) is 2.29. The quantitative estimate of drug-likeness (QED) is 0.769. The highest BCUT2D eigenvalue weighted by Crippen LogP contribution is 2.29. The van der Waals surface area contributed by atoms with E-state index < -0.39 is 0 Å². The first-order valence-electron chi connectivity index (χ1n) is 6.81. The second kappa shape index (κ2) is 7.29. The van der Waals surface area contributed by atoms with Gasteiger partial charge in [-0.05, 0) is 62.9 Å². The van der Waals surface area contributed by atoms with Crippen LogP contribution in [0.15, 0.2) is 6.07 Å². The summed E-state index contributed by atoms with van der Waals surface area (Å²) < 4.78 is 5.55. The van der Waals surface area contributed by atoms with Gasteiger partial charge in [0.15, 0.2) is 0 Å². The maximum absolute atomic E-state index is 10.9. The number of Topliss-reactive ketones (excluding diaryl/α,β-unsaturated/α-hetero) is 1.